The Balaban J connectivity index is 1.75. The smallest absolute Gasteiger partial charge is 0.305 e. The van der Waals surface area contributed by atoms with Gasteiger partial charge in [0.05, 0.1) is 18.6 Å². The predicted molar refractivity (Wildman–Crippen MR) is 82.0 cm³/mol. The highest BCUT2D eigenvalue weighted by Gasteiger charge is 2.39. The predicted octanol–water partition coefficient (Wildman–Crippen LogP) is 2.45. The number of hydrogen-bond acceptors (Lipinski definition) is 4. The first kappa shape index (κ1) is 16.2. The van der Waals surface area contributed by atoms with Crippen LogP contribution >= 0.6 is 0 Å². The molecule has 2 N–H and O–H groups in total. The van der Waals surface area contributed by atoms with Crippen molar-refractivity contribution in [2.45, 2.75) is 18.4 Å². The number of carboxylic acids is 1. The summed E-state index contributed by atoms with van der Waals surface area (Å²) in [4.78, 5) is 23.4. The van der Waals surface area contributed by atoms with Gasteiger partial charge in [-0.15, -0.1) is 0 Å². The van der Waals surface area contributed by atoms with Crippen molar-refractivity contribution >= 4 is 11.9 Å². The number of aliphatic carboxylic acids is 1. The highest BCUT2D eigenvalue weighted by Crippen LogP contribution is 2.25. The van der Waals surface area contributed by atoms with Gasteiger partial charge >= 0.3 is 5.97 Å². The number of ether oxygens (including phenoxy) is 1. The van der Waals surface area contributed by atoms with Gasteiger partial charge in [0.2, 0.25) is 0 Å². The minimum Gasteiger partial charge on any atom is -0.481 e. The lowest BCUT2D eigenvalue weighted by atomic mass is 9.94. The lowest BCUT2D eigenvalue weighted by Crippen LogP contribution is -2.50. The van der Waals surface area contributed by atoms with Gasteiger partial charge in [-0.05, 0) is 42.8 Å². The number of carbonyl (C=O) groups excluding carboxylic acids is 1. The molecular weight excluding hydrogens is 317 g/mol. The second kappa shape index (κ2) is 6.45. The summed E-state index contributed by atoms with van der Waals surface area (Å²) in [5.74, 6) is -1.39. The Morgan fingerprint density at radius 1 is 1.21 bits per heavy atom. The highest BCUT2D eigenvalue weighted by atomic mass is 19.1. The van der Waals surface area contributed by atoms with Crippen LogP contribution in [0.25, 0.3) is 11.3 Å². The number of carbonyl (C=O) groups is 2. The zero-order valence-corrected chi connectivity index (χ0v) is 12.8. The van der Waals surface area contributed by atoms with Crippen molar-refractivity contribution in [1.29, 1.82) is 0 Å². The first-order valence-corrected chi connectivity index (χ1v) is 7.45. The van der Waals surface area contributed by atoms with Crippen molar-refractivity contribution < 1.29 is 28.2 Å². The summed E-state index contributed by atoms with van der Waals surface area (Å²) in [6, 6.07) is 8.80. The van der Waals surface area contributed by atoms with E-state index in [4.69, 9.17) is 14.3 Å². The summed E-state index contributed by atoms with van der Waals surface area (Å²) >= 11 is 0. The van der Waals surface area contributed by atoms with E-state index in [0.29, 0.717) is 24.4 Å². The summed E-state index contributed by atoms with van der Waals surface area (Å²) in [6.07, 6.45) is 0.209. The molecule has 1 unspecified atom stereocenters. The van der Waals surface area contributed by atoms with Crippen molar-refractivity contribution in [3.63, 3.8) is 0 Å². The molecule has 6 nitrogen and oxygen atoms in total. The largest absolute Gasteiger partial charge is 0.481 e. The molecule has 0 aliphatic carbocycles. The molecule has 0 saturated carbocycles. The monoisotopic (exact) mass is 333 g/mol. The standard InChI is InChI=1S/C17H16FNO5/c18-12-3-1-11(2-4-12)13-5-6-14(24-13)16(22)19-17(9-15(20)21)7-8-23-10-17/h1-6H,7-10H2,(H,19,22)(H,20,21). The van der Waals surface area contributed by atoms with Crippen molar-refractivity contribution in [1.82, 2.24) is 5.32 Å². The maximum absolute atomic E-state index is 13.0. The molecule has 24 heavy (non-hydrogen) atoms. The quantitative estimate of drug-likeness (QED) is 0.877. The van der Waals surface area contributed by atoms with Crippen LogP contribution < -0.4 is 5.32 Å². The summed E-state index contributed by atoms with van der Waals surface area (Å²) < 4.78 is 23.7. The fourth-order valence-corrected chi connectivity index (χ4v) is 2.71. The Morgan fingerprint density at radius 3 is 2.58 bits per heavy atom. The number of hydrogen-bond donors (Lipinski definition) is 2. The van der Waals surface area contributed by atoms with Crippen LogP contribution in [0.1, 0.15) is 23.4 Å². The van der Waals surface area contributed by atoms with E-state index in [9.17, 15) is 14.0 Å². The van der Waals surface area contributed by atoms with Gasteiger partial charge in [0.25, 0.3) is 5.91 Å². The molecule has 1 fully saturated rings. The molecule has 1 aliphatic rings. The molecule has 2 heterocycles. The Kier molecular flexibility index (Phi) is 4.35. The molecular formula is C17H16FNO5. The minimum absolute atomic E-state index is 0.0611. The highest BCUT2D eigenvalue weighted by molar-refractivity contribution is 5.93. The van der Waals surface area contributed by atoms with Crippen molar-refractivity contribution in [2.75, 3.05) is 13.2 Å². The van der Waals surface area contributed by atoms with Gasteiger partial charge in [0.15, 0.2) is 5.76 Å². The lowest BCUT2D eigenvalue weighted by Gasteiger charge is -2.26. The number of rotatable bonds is 5. The Hall–Kier alpha value is -2.67. The molecule has 1 aliphatic heterocycles. The Bertz CT molecular complexity index is 747. The van der Waals surface area contributed by atoms with Crippen LogP contribution in [0.5, 0.6) is 0 Å². The molecule has 3 rings (SSSR count). The van der Waals surface area contributed by atoms with Crippen LogP contribution in [0.2, 0.25) is 0 Å². The van der Waals surface area contributed by atoms with E-state index in [-0.39, 0.29) is 24.6 Å². The number of nitrogens with one attached hydrogen (secondary N) is 1. The molecule has 1 aromatic heterocycles. The second-order valence-corrected chi connectivity index (χ2v) is 5.78. The minimum atomic E-state index is -1.01. The molecule has 126 valence electrons. The fourth-order valence-electron chi connectivity index (χ4n) is 2.71. The molecule has 0 radical (unpaired) electrons. The van der Waals surface area contributed by atoms with E-state index in [0.717, 1.165) is 0 Å². The molecule has 0 spiro atoms. The molecule has 2 aromatic rings. The topological polar surface area (TPSA) is 88.8 Å². The van der Waals surface area contributed by atoms with Crippen LogP contribution in [-0.4, -0.2) is 35.7 Å². The number of halogens is 1. The molecule has 1 saturated heterocycles. The normalized spacial score (nSPS) is 20.0. The van der Waals surface area contributed by atoms with E-state index in [1.165, 1.54) is 18.2 Å². The second-order valence-electron chi connectivity index (χ2n) is 5.78. The van der Waals surface area contributed by atoms with Crippen LogP contribution in [0, 0.1) is 5.82 Å². The van der Waals surface area contributed by atoms with E-state index in [1.807, 2.05) is 0 Å². The number of amides is 1. The number of benzene rings is 1. The third-order valence-corrected chi connectivity index (χ3v) is 3.93. The summed E-state index contributed by atoms with van der Waals surface area (Å²) in [5.41, 5.74) is -0.286. The Morgan fingerprint density at radius 2 is 1.96 bits per heavy atom. The maximum atomic E-state index is 13.0. The van der Waals surface area contributed by atoms with Gasteiger partial charge in [0, 0.05) is 12.2 Å². The van der Waals surface area contributed by atoms with Gasteiger partial charge in [-0.1, -0.05) is 0 Å². The summed E-state index contributed by atoms with van der Waals surface area (Å²) in [5, 5.41) is 11.8. The van der Waals surface area contributed by atoms with Gasteiger partial charge in [-0.25, -0.2) is 4.39 Å². The van der Waals surface area contributed by atoms with Crippen LogP contribution in [0.4, 0.5) is 4.39 Å². The van der Waals surface area contributed by atoms with Crippen molar-refractivity contribution in [3.8, 4) is 11.3 Å². The third kappa shape index (κ3) is 3.46. The lowest BCUT2D eigenvalue weighted by molar-refractivity contribution is -0.138. The summed E-state index contributed by atoms with van der Waals surface area (Å²) in [6.45, 7) is 0.545. The SMILES string of the molecule is O=C(O)CC1(NC(=O)c2ccc(-c3ccc(F)cc3)o2)CCOC1. The molecule has 0 bridgehead atoms. The van der Waals surface area contributed by atoms with Gasteiger partial charge in [-0.3, -0.25) is 9.59 Å². The first-order chi connectivity index (χ1) is 11.5. The van der Waals surface area contributed by atoms with Crippen LogP contribution in [-0.2, 0) is 9.53 Å². The Labute approximate surface area is 137 Å². The third-order valence-electron chi connectivity index (χ3n) is 3.93. The molecule has 1 amide bonds. The van der Waals surface area contributed by atoms with Gasteiger partial charge in [0.1, 0.15) is 11.6 Å². The van der Waals surface area contributed by atoms with Gasteiger partial charge < -0.3 is 19.6 Å². The summed E-state index contributed by atoms with van der Waals surface area (Å²) in [7, 11) is 0. The van der Waals surface area contributed by atoms with Crippen molar-refractivity contribution in [3.05, 3.63) is 48.0 Å². The van der Waals surface area contributed by atoms with Crippen LogP contribution in [0.3, 0.4) is 0 Å². The number of furan rings is 1. The van der Waals surface area contributed by atoms with Crippen LogP contribution in [0.15, 0.2) is 40.8 Å². The number of carboxylic acid groups (broad SMARTS) is 1. The molecule has 1 aromatic carbocycles. The van der Waals surface area contributed by atoms with Crippen molar-refractivity contribution in [2.24, 2.45) is 0 Å². The van der Waals surface area contributed by atoms with Gasteiger partial charge in [-0.2, -0.15) is 0 Å². The first-order valence-electron chi connectivity index (χ1n) is 7.45. The van der Waals surface area contributed by atoms with E-state index < -0.39 is 17.4 Å². The molecule has 1 atom stereocenters. The average molecular weight is 333 g/mol. The van der Waals surface area contributed by atoms with E-state index >= 15 is 0 Å². The molecule has 7 heteroatoms. The van der Waals surface area contributed by atoms with E-state index in [1.54, 1.807) is 18.2 Å². The fraction of sp³-hybridized carbons (Fsp3) is 0.294. The zero-order chi connectivity index (χ0) is 17.2. The average Bonchev–Trinajstić information content (AvgIpc) is 3.17. The maximum Gasteiger partial charge on any atom is 0.305 e. The van der Waals surface area contributed by atoms with E-state index in [2.05, 4.69) is 5.32 Å². The zero-order valence-electron chi connectivity index (χ0n) is 12.8.